The van der Waals surface area contributed by atoms with E-state index in [1.807, 2.05) is 6.92 Å². The molecule has 0 heterocycles. The van der Waals surface area contributed by atoms with Crippen molar-refractivity contribution in [3.05, 3.63) is 29.8 Å². The van der Waals surface area contributed by atoms with E-state index in [0.717, 1.165) is 0 Å². The summed E-state index contributed by atoms with van der Waals surface area (Å²) in [7, 11) is 0. The van der Waals surface area contributed by atoms with Crippen molar-refractivity contribution in [1.82, 2.24) is 5.32 Å². The fourth-order valence-electron chi connectivity index (χ4n) is 1.10. The number of rotatable bonds is 4. The Kier molecular flexibility index (Phi) is 4.25. The smallest absolute Gasteiger partial charge is 0.251 e. The summed E-state index contributed by atoms with van der Waals surface area (Å²) in [6, 6.07) is 6.15. The van der Waals surface area contributed by atoms with E-state index in [1.54, 1.807) is 12.1 Å². The molecule has 5 heteroatoms. The van der Waals surface area contributed by atoms with Gasteiger partial charge in [0.1, 0.15) is 5.75 Å². The van der Waals surface area contributed by atoms with Gasteiger partial charge in [0.15, 0.2) is 0 Å². The second-order valence-corrected chi connectivity index (χ2v) is 4.04. The summed E-state index contributed by atoms with van der Waals surface area (Å²) in [6.07, 6.45) is 0. The Morgan fingerprint density at radius 1 is 1.62 bits per heavy atom. The van der Waals surface area contributed by atoms with Crippen LogP contribution in [0.3, 0.4) is 0 Å². The van der Waals surface area contributed by atoms with Crippen LogP contribution < -0.4 is 11.1 Å². The molecule has 4 N–H and O–H groups in total. The van der Waals surface area contributed by atoms with Crippen molar-refractivity contribution in [2.24, 2.45) is 11.7 Å². The first-order valence-electron chi connectivity index (χ1n) is 4.87. The average Bonchev–Trinajstić information content (AvgIpc) is 2.25. The van der Waals surface area contributed by atoms with Crippen molar-refractivity contribution >= 4 is 23.1 Å². The third-order valence-electron chi connectivity index (χ3n) is 2.16. The summed E-state index contributed by atoms with van der Waals surface area (Å²) in [4.78, 5) is 12.0. The van der Waals surface area contributed by atoms with Crippen LogP contribution >= 0.6 is 12.2 Å². The number of hydrogen-bond acceptors (Lipinski definition) is 3. The predicted molar refractivity (Wildman–Crippen MR) is 66.4 cm³/mol. The Morgan fingerprint density at radius 2 is 2.31 bits per heavy atom. The lowest BCUT2D eigenvalue weighted by Crippen LogP contribution is -2.33. The molecule has 0 aliphatic heterocycles. The van der Waals surface area contributed by atoms with Gasteiger partial charge < -0.3 is 16.2 Å². The van der Waals surface area contributed by atoms with E-state index in [-0.39, 0.29) is 17.6 Å². The number of carbonyl (C=O) groups is 1. The Balaban J connectivity index is 2.56. The lowest BCUT2D eigenvalue weighted by molar-refractivity contribution is 0.0951. The first kappa shape index (κ1) is 12.4. The van der Waals surface area contributed by atoms with Crippen molar-refractivity contribution in [2.75, 3.05) is 6.54 Å². The zero-order valence-electron chi connectivity index (χ0n) is 8.93. The van der Waals surface area contributed by atoms with Crippen LogP contribution in [0, 0.1) is 5.92 Å². The van der Waals surface area contributed by atoms with Gasteiger partial charge in [-0.05, 0) is 18.2 Å². The SMILES string of the molecule is CC(CNC(=O)c1cccc(O)c1)C(N)=S. The molecule has 0 radical (unpaired) electrons. The number of carbonyl (C=O) groups excluding carboxylic acids is 1. The van der Waals surface area contributed by atoms with E-state index in [9.17, 15) is 9.90 Å². The summed E-state index contributed by atoms with van der Waals surface area (Å²) in [6.45, 7) is 2.23. The number of aromatic hydroxyl groups is 1. The third-order valence-corrected chi connectivity index (χ3v) is 2.57. The second kappa shape index (κ2) is 5.46. The highest BCUT2D eigenvalue weighted by Gasteiger charge is 2.09. The molecule has 1 unspecified atom stereocenters. The molecule has 0 aromatic heterocycles. The molecule has 0 saturated carbocycles. The van der Waals surface area contributed by atoms with Gasteiger partial charge in [-0.1, -0.05) is 25.2 Å². The zero-order valence-corrected chi connectivity index (χ0v) is 9.75. The van der Waals surface area contributed by atoms with Crippen molar-refractivity contribution in [2.45, 2.75) is 6.92 Å². The van der Waals surface area contributed by atoms with Crippen molar-refractivity contribution in [3.8, 4) is 5.75 Å². The highest BCUT2D eigenvalue weighted by Crippen LogP contribution is 2.10. The Labute approximate surface area is 99.5 Å². The van der Waals surface area contributed by atoms with Crippen LogP contribution in [0.25, 0.3) is 0 Å². The lowest BCUT2D eigenvalue weighted by atomic mass is 10.1. The van der Waals surface area contributed by atoms with Gasteiger partial charge >= 0.3 is 0 Å². The van der Waals surface area contributed by atoms with E-state index >= 15 is 0 Å². The number of phenols is 1. The number of benzene rings is 1. The molecule has 0 aliphatic carbocycles. The van der Waals surface area contributed by atoms with Gasteiger partial charge in [-0.2, -0.15) is 0 Å². The highest BCUT2D eigenvalue weighted by atomic mass is 32.1. The Morgan fingerprint density at radius 3 is 2.88 bits per heavy atom. The van der Waals surface area contributed by atoms with Gasteiger partial charge in [-0.25, -0.2) is 0 Å². The standard InChI is InChI=1S/C11H14N2O2S/c1-7(10(12)16)6-13-11(15)8-3-2-4-9(14)5-8/h2-5,7,14H,6H2,1H3,(H2,12,16)(H,13,15). The van der Waals surface area contributed by atoms with Gasteiger partial charge in [0.05, 0.1) is 4.99 Å². The molecule has 0 saturated heterocycles. The molecule has 16 heavy (non-hydrogen) atoms. The first-order valence-corrected chi connectivity index (χ1v) is 5.28. The van der Waals surface area contributed by atoms with E-state index in [4.69, 9.17) is 18.0 Å². The van der Waals surface area contributed by atoms with Crippen molar-refractivity contribution in [1.29, 1.82) is 0 Å². The van der Waals surface area contributed by atoms with Crippen LogP contribution in [0.1, 0.15) is 17.3 Å². The predicted octanol–water partition coefficient (Wildman–Crippen LogP) is 1.04. The fraction of sp³-hybridized carbons (Fsp3) is 0.273. The molecule has 0 bridgehead atoms. The van der Waals surface area contributed by atoms with Crippen LogP contribution in [0.2, 0.25) is 0 Å². The zero-order chi connectivity index (χ0) is 12.1. The maximum atomic E-state index is 11.6. The first-order chi connectivity index (χ1) is 7.50. The van der Waals surface area contributed by atoms with Crippen molar-refractivity contribution in [3.63, 3.8) is 0 Å². The molecular formula is C11H14N2O2S. The maximum absolute atomic E-state index is 11.6. The van der Waals surface area contributed by atoms with Crippen LogP contribution in [-0.4, -0.2) is 22.5 Å². The van der Waals surface area contributed by atoms with Crippen LogP contribution in [0.4, 0.5) is 0 Å². The Hall–Kier alpha value is -1.62. The van der Waals surface area contributed by atoms with Gasteiger partial charge in [0.25, 0.3) is 5.91 Å². The molecule has 86 valence electrons. The van der Waals surface area contributed by atoms with E-state index in [0.29, 0.717) is 17.1 Å². The third kappa shape index (κ3) is 3.51. The van der Waals surface area contributed by atoms with E-state index in [2.05, 4.69) is 5.32 Å². The fourth-order valence-corrected chi connectivity index (χ4v) is 1.18. The van der Waals surface area contributed by atoms with Crippen LogP contribution in [0.15, 0.2) is 24.3 Å². The number of nitrogens with one attached hydrogen (secondary N) is 1. The summed E-state index contributed by atoms with van der Waals surface area (Å²) in [5.74, 6) is -0.231. The molecule has 0 aliphatic rings. The molecule has 0 fully saturated rings. The number of phenolic OH excluding ortho intramolecular Hbond substituents is 1. The normalized spacial score (nSPS) is 11.8. The average molecular weight is 238 g/mol. The van der Waals surface area contributed by atoms with E-state index in [1.165, 1.54) is 12.1 Å². The highest BCUT2D eigenvalue weighted by molar-refractivity contribution is 7.80. The van der Waals surface area contributed by atoms with Gasteiger partial charge in [0.2, 0.25) is 0 Å². The van der Waals surface area contributed by atoms with E-state index < -0.39 is 0 Å². The number of nitrogens with two attached hydrogens (primary N) is 1. The molecule has 0 spiro atoms. The minimum Gasteiger partial charge on any atom is -0.508 e. The van der Waals surface area contributed by atoms with Gasteiger partial charge in [0, 0.05) is 18.0 Å². The quantitative estimate of drug-likeness (QED) is 0.685. The van der Waals surface area contributed by atoms with Crippen LogP contribution in [0.5, 0.6) is 5.75 Å². The topological polar surface area (TPSA) is 75.3 Å². The maximum Gasteiger partial charge on any atom is 0.251 e. The van der Waals surface area contributed by atoms with Gasteiger partial charge in [-0.15, -0.1) is 0 Å². The summed E-state index contributed by atoms with van der Waals surface area (Å²) in [5.41, 5.74) is 5.84. The van der Waals surface area contributed by atoms with Crippen LogP contribution in [-0.2, 0) is 0 Å². The molecule has 1 rings (SSSR count). The number of thiocarbonyl (C=S) groups is 1. The number of amides is 1. The summed E-state index contributed by atoms with van der Waals surface area (Å²) >= 11 is 4.79. The molecular weight excluding hydrogens is 224 g/mol. The van der Waals surface area contributed by atoms with Crippen molar-refractivity contribution < 1.29 is 9.90 Å². The number of hydrogen-bond donors (Lipinski definition) is 3. The second-order valence-electron chi connectivity index (χ2n) is 3.56. The molecule has 1 amide bonds. The largest absolute Gasteiger partial charge is 0.508 e. The minimum atomic E-state index is -0.251. The Bertz CT molecular complexity index is 407. The molecule has 1 aromatic rings. The van der Waals surface area contributed by atoms with Gasteiger partial charge in [-0.3, -0.25) is 4.79 Å². The molecule has 1 aromatic carbocycles. The molecule has 1 atom stereocenters. The summed E-state index contributed by atoms with van der Waals surface area (Å²) in [5, 5.41) is 11.9. The minimum absolute atomic E-state index is 0.0451. The lowest BCUT2D eigenvalue weighted by Gasteiger charge is -2.10. The summed E-state index contributed by atoms with van der Waals surface area (Å²) < 4.78 is 0. The monoisotopic (exact) mass is 238 g/mol. The molecule has 4 nitrogen and oxygen atoms in total.